The minimum atomic E-state index is -1.05. The van der Waals surface area contributed by atoms with E-state index in [1.54, 1.807) is 0 Å². The van der Waals surface area contributed by atoms with Crippen LogP contribution in [0.15, 0.2) is 78.9 Å². The molecule has 2 heterocycles. The van der Waals surface area contributed by atoms with Gasteiger partial charge in [-0.15, -0.1) is 0 Å². The highest BCUT2D eigenvalue weighted by Crippen LogP contribution is 2.58. The van der Waals surface area contributed by atoms with Gasteiger partial charge >= 0.3 is 5.97 Å². The molecule has 1 unspecified atom stereocenters. The Bertz CT molecular complexity index is 1620. The first kappa shape index (κ1) is 21.0. The van der Waals surface area contributed by atoms with Crippen LogP contribution in [-0.4, -0.2) is 5.97 Å². The van der Waals surface area contributed by atoms with E-state index in [0.717, 1.165) is 52.2 Å². The summed E-state index contributed by atoms with van der Waals surface area (Å²) in [4.78, 5) is 13.1. The molecule has 0 radical (unpaired) electrons. The van der Waals surface area contributed by atoms with Crippen molar-refractivity contribution in [2.75, 3.05) is 5.32 Å². The molecule has 1 atom stereocenters. The monoisotopic (exact) mass is 471 g/mol. The van der Waals surface area contributed by atoms with Crippen molar-refractivity contribution in [3.05, 3.63) is 123 Å². The largest absolute Gasteiger partial charge is 0.456 e. The zero-order valence-electron chi connectivity index (χ0n) is 20.2. The third kappa shape index (κ3) is 2.91. The molecule has 0 aromatic heterocycles. The lowest BCUT2D eigenvalue weighted by atomic mass is 9.76. The van der Waals surface area contributed by atoms with Crippen LogP contribution in [0.1, 0.15) is 55.7 Å². The van der Waals surface area contributed by atoms with E-state index < -0.39 is 5.60 Å². The van der Waals surface area contributed by atoms with Gasteiger partial charge in [-0.25, -0.2) is 4.79 Å². The molecule has 1 N–H and O–H groups in total. The molecule has 4 heteroatoms. The smallest absolute Gasteiger partial charge is 0.340 e. The summed E-state index contributed by atoms with van der Waals surface area (Å²) in [6, 6.07) is 24.3. The first-order valence-electron chi connectivity index (χ1n) is 12.4. The van der Waals surface area contributed by atoms with Crippen molar-refractivity contribution in [2.24, 2.45) is 0 Å². The van der Waals surface area contributed by atoms with E-state index in [0.29, 0.717) is 11.3 Å². The van der Waals surface area contributed by atoms with E-state index in [4.69, 9.17) is 9.47 Å². The van der Waals surface area contributed by atoms with Crippen LogP contribution in [0.25, 0.3) is 6.08 Å². The molecule has 2 aliphatic heterocycles. The Morgan fingerprint density at radius 1 is 0.889 bits per heavy atom. The Morgan fingerprint density at radius 2 is 1.75 bits per heavy atom. The van der Waals surface area contributed by atoms with Crippen LogP contribution in [0.4, 0.5) is 11.4 Å². The van der Waals surface area contributed by atoms with E-state index in [2.05, 4.69) is 61.6 Å². The van der Waals surface area contributed by atoms with E-state index >= 15 is 0 Å². The topological polar surface area (TPSA) is 47.6 Å². The molecule has 7 rings (SSSR count). The van der Waals surface area contributed by atoms with E-state index in [-0.39, 0.29) is 5.97 Å². The average molecular weight is 472 g/mol. The quantitative estimate of drug-likeness (QED) is 0.306. The summed E-state index contributed by atoms with van der Waals surface area (Å²) < 4.78 is 13.0. The summed E-state index contributed by atoms with van der Waals surface area (Å²) in [5.41, 5.74) is 8.79. The molecule has 0 saturated heterocycles. The van der Waals surface area contributed by atoms with Crippen LogP contribution in [0.2, 0.25) is 0 Å². The van der Waals surface area contributed by atoms with Crippen LogP contribution in [0, 0.1) is 13.8 Å². The maximum atomic E-state index is 13.1. The highest BCUT2D eigenvalue weighted by molar-refractivity contribution is 5.97. The lowest BCUT2D eigenvalue weighted by Crippen LogP contribution is -2.33. The second-order valence-electron chi connectivity index (χ2n) is 9.83. The summed E-state index contributed by atoms with van der Waals surface area (Å²) in [5, 5.41) is 3.54. The first-order valence-corrected chi connectivity index (χ1v) is 12.4. The molecule has 4 nitrogen and oxygen atoms in total. The molecule has 0 bridgehead atoms. The molecule has 36 heavy (non-hydrogen) atoms. The van der Waals surface area contributed by atoms with Crippen molar-refractivity contribution in [2.45, 2.75) is 32.3 Å². The SMILES string of the molecule is Cc1ccc(Nc2ccc3c(c2)Oc2c(ccc4c2C=CCC4)C32OC(=O)c3ccccc32)c(C)c1. The minimum Gasteiger partial charge on any atom is -0.456 e. The van der Waals surface area contributed by atoms with Crippen molar-refractivity contribution < 1.29 is 14.3 Å². The molecular formula is C32H25NO3. The van der Waals surface area contributed by atoms with Gasteiger partial charge in [-0.2, -0.15) is 0 Å². The lowest BCUT2D eigenvalue weighted by molar-refractivity contribution is 0.0224. The molecule has 1 aliphatic carbocycles. The van der Waals surface area contributed by atoms with Crippen molar-refractivity contribution in [1.82, 2.24) is 0 Å². The number of rotatable bonds is 2. The van der Waals surface area contributed by atoms with Gasteiger partial charge in [-0.1, -0.05) is 60.2 Å². The Labute approximate surface area is 210 Å². The molecule has 4 aromatic carbocycles. The number of benzene rings is 4. The van der Waals surface area contributed by atoms with Gasteiger partial charge < -0.3 is 14.8 Å². The second-order valence-corrected chi connectivity index (χ2v) is 9.83. The normalized spacial score (nSPS) is 18.6. The number of allylic oxidation sites excluding steroid dienone is 1. The first-order chi connectivity index (χ1) is 17.5. The summed E-state index contributed by atoms with van der Waals surface area (Å²) in [7, 11) is 0. The van der Waals surface area contributed by atoms with Crippen molar-refractivity contribution in [3.63, 3.8) is 0 Å². The van der Waals surface area contributed by atoms with Crippen molar-refractivity contribution in [3.8, 4) is 11.5 Å². The summed E-state index contributed by atoms with van der Waals surface area (Å²) >= 11 is 0. The van der Waals surface area contributed by atoms with Gasteiger partial charge in [0.25, 0.3) is 0 Å². The zero-order valence-corrected chi connectivity index (χ0v) is 20.2. The Hall–Kier alpha value is -4.31. The third-order valence-corrected chi connectivity index (χ3v) is 7.54. The molecule has 0 amide bonds. The fraction of sp³-hybridized carbons (Fsp3) is 0.156. The Kier molecular flexibility index (Phi) is 4.43. The van der Waals surface area contributed by atoms with Gasteiger partial charge in [0.15, 0.2) is 5.60 Å². The van der Waals surface area contributed by atoms with Gasteiger partial charge in [-0.05, 0) is 62.1 Å². The molecular weight excluding hydrogens is 446 g/mol. The average Bonchev–Trinajstić information content (AvgIpc) is 3.18. The molecule has 176 valence electrons. The minimum absolute atomic E-state index is 0.310. The van der Waals surface area contributed by atoms with Gasteiger partial charge in [0.05, 0.1) is 5.56 Å². The molecule has 1 spiro atoms. The standard InChI is InChI=1S/C32H25NO3/c1-19-11-16-28(20(2)17-19)33-22-13-15-26-29(18-22)35-30-23-8-4-3-7-21(23)12-14-27(30)32(26)25-10-6-5-9-24(25)31(34)36-32/h4-6,8-18,33H,3,7H2,1-2H3. The highest BCUT2D eigenvalue weighted by atomic mass is 16.6. The number of anilines is 2. The number of fused-ring (bicyclic) bond motifs is 8. The summed E-state index contributed by atoms with van der Waals surface area (Å²) in [6.07, 6.45) is 6.29. The Morgan fingerprint density at radius 3 is 2.64 bits per heavy atom. The number of ether oxygens (including phenoxy) is 2. The lowest BCUT2D eigenvalue weighted by Gasteiger charge is -2.38. The van der Waals surface area contributed by atoms with Crippen LogP contribution in [0.5, 0.6) is 11.5 Å². The van der Waals surface area contributed by atoms with Gasteiger partial charge in [0.1, 0.15) is 11.5 Å². The number of carbonyl (C=O) groups is 1. The fourth-order valence-corrected chi connectivity index (χ4v) is 5.83. The van der Waals surface area contributed by atoms with E-state index in [1.807, 2.05) is 42.5 Å². The van der Waals surface area contributed by atoms with E-state index in [9.17, 15) is 4.79 Å². The number of nitrogens with one attached hydrogen (secondary N) is 1. The molecule has 0 fully saturated rings. The van der Waals surface area contributed by atoms with Gasteiger partial charge in [-0.3, -0.25) is 0 Å². The molecule has 0 saturated carbocycles. The highest BCUT2D eigenvalue weighted by Gasteiger charge is 2.54. The maximum absolute atomic E-state index is 13.1. The van der Waals surface area contributed by atoms with E-state index in [1.165, 1.54) is 16.7 Å². The fourth-order valence-electron chi connectivity index (χ4n) is 5.83. The van der Waals surface area contributed by atoms with Crippen LogP contribution in [-0.2, 0) is 16.8 Å². The number of hydrogen-bond acceptors (Lipinski definition) is 4. The predicted octanol–water partition coefficient (Wildman–Crippen LogP) is 7.57. The molecule has 3 aliphatic rings. The zero-order chi connectivity index (χ0) is 24.4. The van der Waals surface area contributed by atoms with Crippen molar-refractivity contribution in [1.29, 1.82) is 0 Å². The number of hydrogen-bond donors (Lipinski definition) is 1. The van der Waals surface area contributed by atoms with Crippen molar-refractivity contribution >= 4 is 23.4 Å². The second kappa shape index (κ2) is 7.59. The summed E-state index contributed by atoms with van der Waals surface area (Å²) in [5.74, 6) is 1.15. The predicted molar refractivity (Wildman–Crippen MR) is 141 cm³/mol. The number of esters is 1. The number of aryl methyl sites for hydroxylation is 3. The van der Waals surface area contributed by atoms with Crippen LogP contribution in [0.3, 0.4) is 0 Å². The van der Waals surface area contributed by atoms with Gasteiger partial charge in [0, 0.05) is 39.7 Å². The van der Waals surface area contributed by atoms with Crippen LogP contribution < -0.4 is 10.1 Å². The number of carbonyl (C=O) groups excluding carboxylic acids is 1. The third-order valence-electron chi connectivity index (χ3n) is 7.54. The summed E-state index contributed by atoms with van der Waals surface area (Å²) in [6.45, 7) is 4.19. The Balaban J connectivity index is 1.44. The maximum Gasteiger partial charge on any atom is 0.340 e. The molecule has 4 aromatic rings. The van der Waals surface area contributed by atoms with Crippen LogP contribution >= 0.6 is 0 Å². The van der Waals surface area contributed by atoms with Gasteiger partial charge in [0.2, 0.25) is 0 Å².